The van der Waals surface area contributed by atoms with E-state index in [1.54, 1.807) is 79.7 Å². The van der Waals surface area contributed by atoms with Crippen LogP contribution in [0.15, 0.2) is 99.6 Å². The molecule has 5 rings (SSSR count). The Morgan fingerprint density at radius 3 is 2.45 bits per heavy atom. The number of nitrogens with one attached hydrogen (secondary N) is 2. The van der Waals surface area contributed by atoms with E-state index in [0.29, 0.717) is 33.6 Å². The Morgan fingerprint density at radius 1 is 1.09 bits per heavy atom. The van der Waals surface area contributed by atoms with Crippen LogP contribution >= 0.6 is 0 Å². The van der Waals surface area contributed by atoms with Crippen LogP contribution in [0.2, 0.25) is 0 Å². The van der Waals surface area contributed by atoms with Crippen molar-refractivity contribution < 1.29 is 18.3 Å². The largest absolute Gasteiger partial charge is 0.504 e. The van der Waals surface area contributed by atoms with Crippen molar-refractivity contribution in [2.24, 2.45) is 7.05 Å². The lowest BCUT2D eigenvalue weighted by atomic mass is 9.99. The van der Waals surface area contributed by atoms with Gasteiger partial charge in [0.25, 0.3) is 11.5 Å². The molecule has 2 aromatic heterocycles. The third-order valence-corrected chi connectivity index (χ3v) is 8.92. The zero-order valence-electron chi connectivity index (χ0n) is 24.1. The summed E-state index contributed by atoms with van der Waals surface area (Å²) in [4.78, 5) is 29.0. The highest BCUT2D eigenvalue weighted by Gasteiger charge is 2.32. The summed E-state index contributed by atoms with van der Waals surface area (Å²) < 4.78 is 29.5. The van der Waals surface area contributed by atoms with E-state index in [4.69, 9.17) is 0 Å². The predicted molar refractivity (Wildman–Crippen MR) is 165 cm³/mol. The summed E-state index contributed by atoms with van der Waals surface area (Å²) in [6, 6.07) is 22.9. The van der Waals surface area contributed by atoms with Crippen molar-refractivity contribution in [3.8, 4) is 34.3 Å². The van der Waals surface area contributed by atoms with Gasteiger partial charge in [-0.3, -0.25) is 14.3 Å². The summed E-state index contributed by atoms with van der Waals surface area (Å²) in [6.07, 6.45) is 1.65. The van der Waals surface area contributed by atoms with Crippen molar-refractivity contribution in [2.45, 2.75) is 16.7 Å². The van der Waals surface area contributed by atoms with Crippen LogP contribution in [0.5, 0.6) is 5.75 Å². The van der Waals surface area contributed by atoms with Crippen LogP contribution in [0.25, 0.3) is 22.5 Å². The lowest BCUT2D eigenvalue weighted by Crippen LogP contribution is -2.24. The van der Waals surface area contributed by atoms with Crippen LogP contribution in [0.3, 0.4) is 0 Å². The number of amides is 1. The summed E-state index contributed by atoms with van der Waals surface area (Å²) in [7, 11) is -1.36. The third-order valence-electron chi connectivity index (χ3n) is 7.11. The van der Waals surface area contributed by atoms with E-state index >= 15 is 0 Å². The Balaban J connectivity index is 1.69. The summed E-state index contributed by atoms with van der Waals surface area (Å²) in [5.74, 6) is -1.05. The van der Waals surface area contributed by atoms with Gasteiger partial charge in [-0.05, 0) is 60.5 Å². The number of nitrogens with zero attached hydrogens (tertiary/aromatic N) is 4. The second-order valence-electron chi connectivity index (χ2n) is 9.79. The maximum absolute atomic E-state index is 14.0. The lowest BCUT2D eigenvalue weighted by molar-refractivity contribution is 0.0963. The summed E-state index contributed by atoms with van der Waals surface area (Å²) in [6.45, 7) is 2.03. The molecule has 0 saturated heterocycles. The monoisotopic (exact) mass is 608 g/mol. The molecule has 3 aromatic carbocycles. The Hall–Kier alpha value is -5.67. The summed E-state index contributed by atoms with van der Waals surface area (Å²) >= 11 is 0. The Morgan fingerprint density at radius 2 is 1.82 bits per heavy atom. The van der Waals surface area contributed by atoms with Gasteiger partial charge < -0.3 is 20.3 Å². The van der Waals surface area contributed by atoms with E-state index in [0.717, 1.165) is 0 Å². The zero-order chi connectivity index (χ0) is 31.6. The number of nitriles is 1. The molecule has 0 bridgehead atoms. The molecule has 44 heavy (non-hydrogen) atoms. The molecule has 0 fully saturated rings. The van der Waals surface area contributed by atoms with Gasteiger partial charge in [0.1, 0.15) is 11.4 Å². The molecule has 0 atom stereocenters. The van der Waals surface area contributed by atoms with Gasteiger partial charge in [-0.2, -0.15) is 10.4 Å². The highest BCUT2D eigenvalue weighted by atomic mass is 32.2. The Bertz CT molecular complexity index is 2090. The fraction of sp³-hybridized carbons (Fsp3) is 0.125. The maximum Gasteiger partial charge on any atom is 0.271 e. The highest BCUT2D eigenvalue weighted by Crippen LogP contribution is 2.43. The highest BCUT2D eigenvalue weighted by molar-refractivity contribution is 7.91. The molecule has 12 heteroatoms. The van der Waals surface area contributed by atoms with Crippen molar-refractivity contribution in [1.82, 2.24) is 20.1 Å². The molecule has 0 radical (unpaired) electrons. The number of aromatic amines is 1. The van der Waals surface area contributed by atoms with Gasteiger partial charge >= 0.3 is 0 Å². The van der Waals surface area contributed by atoms with E-state index in [1.807, 2.05) is 0 Å². The quantitative estimate of drug-likeness (QED) is 0.234. The van der Waals surface area contributed by atoms with Crippen LogP contribution in [-0.2, 0) is 16.9 Å². The minimum absolute atomic E-state index is 0.00981. The number of rotatable bonds is 8. The number of hydrogen-bond donors (Lipinski definition) is 3. The average molecular weight is 609 g/mol. The number of anilines is 2. The number of carbonyl (C=O) groups excluding carboxylic acids is 1. The molecule has 11 nitrogen and oxygen atoms in total. The van der Waals surface area contributed by atoms with Crippen molar-refractivity contribution >= 4 is 27.1 Å². The Kier molecular flexibility index (Phi) is 8.07. The number of aryl methyl sites for hydroxylation is 1. The number of sulfone groups is 1. The first-order valence-electron chi connectivity index (χ1n) is 13.5. The summed E-state index contributed by atoms with van der Waals surface area (Å²) in [5.41, 5.74) is 1.83. The molecular weight excluding hydrogens is 580 g/mol. The fourth-order valence-electron chi connectivity index (χ4n) is 5.02. The molecule has 0 spiro atoms. The lowest BCUT2D eigenvalue weighted by Gasteiger charge is -2.27. The van der Waals surface area contributed by atoms with Crippen LogP contribution < -0.4 is 15.8 Å². The molecule has 0 aliphatic rings. The summed E-state index contributed by atoms with van der Waals surface area (Å²) in [5, 5.41) is 28.1. The SMILES string of the molecule is CCN(c1cccc(C#N)c1)c1c(-c2ccn(C)n2)[nH]c(=O)c(S(=O)(=O)c2ccc(-c3ccccc3C(=O)NC)cc2)c1O. The predicted octanol–water partition coefficient (Wildman–Crippen LogP) is 4.37. The van der Waals surface area contributed by atoms with Crippen LogP contribution in [0, 0.1) is 11.3 Å². The third kappa shape index (κ3) is 5.32. The molecule has 1 amide bonds. The van der Waals surface area contributed by atoms with Crippen molar-refractivity contribution in [1.29, 1.82) is 5.26 Å². The van der Waals surface area contributed by atoms with Gasteiger partial charge in [-0.1, -0.05) is 36.4 Å². The van der Waals surface area contributed by atoms with Crippen LogP contribution in [0.4, 0.5) is 11.4 Å². The number of hydrogen-bond acceptors (Lipinski definition) is 8. The second-order valence-corrected chi connectivity index (χ2v) is 11.7. The van der Waals surface area contributed by atoms with Gasteiger partial charge in [0.2, 0.25) is 9.84 Å². The molecule has 0 aliphatic carbocycles. The van der Waals surface area contributed by atoms with E-state index in [9.17, 15) is 28.4 Å². The van der Waals surface area contributed by atoms with Crippen molar-refractivity contribution in [3.05, 3.63) is 107 Å². The standard InChI is InChI=1S/C32H28N6O5S/c1-4-38(22-9-7-8-20(18-22)19-33)28-27(26-16-17-37(3)36-26)35-32(41)30(29(28)39)44(42,43)23-14-12-21(13-15-23)24-10-5-6-11-25(24)31(40)34-2/h5-18H,4H2,1-3H3,(H,34,40)(H2,35,39,41). The van der Waals surface area contributed by atoms with E-state index < -0.39 is 26.0 Å². The normalized spacial score (nSPS) is 11.1. The number of benzene rings is 3. The Labute approximate surface area is 253 Å². The number of pyridine rings is 1. The van der Waals surface area contributed by atoms with Gasteiger partial charge in [0.05, 0.1) is 22.2 Å². The first-order valence-corrected chi connectivity index (χ1v) is 15.0. The van der Waals surface area contributed by atoms with Gasteiger partial charge in [-0.15, -0.1) is 0 Å². The number of carbonyl (C=O) groups is 1. The fourth-order valence-corrected chi connectivity index (χ4v) is 6.40. The van der Waals surface area contributed by atoms with E-state index in [-0.39, 0.29) is 28.7 Å². The molecule has 3 N–H and O–H groups in total. The van der Waals surface area contributed by atoms with Crippen LogP contribution in [-0.4, -0.2) is 47.8 Å². The number of H-pyrrole nitrogens is 1. The van der Waals surface area contributed by atoms with Crippen molar-refractivity contribution in [2.75, 3.05) is 18.5 Å². The van der Waals surface area contributed by atoms with Gasteiger partial charge in [0.15, 0.2) is 10.6 Å². The van der Waals surface area contributed by atoms with Gasteiger partial charge in [0, 0.05) is 38.1 Å². The molecule has 0 aliphatic heterocycles. The van der Waals surface area contributed by atoms with Crippen LogP contribution in [0.1, 0.15) is 22.8 Å². The number of aromatic nitrogens is 3. The first-order chi connectivity index (χ1) is 21.1. The van der Waals surface area contributed by atoms with Crippen molar-refractivity contribution in [3.63, 3.8) is 0 Å². The smallest absolute Gasteiger partial charge is 0.271 e. The second kappa shape index (κ2) is 11.9. The van der Waals surface area contributed by atoms with E-state index in [2.05, 4.69) is 21.5 Å². The molecule has 0 unspecified atom stereocenters. The zero-order valence-corrected chi connectivity index (χ0v) is 24.9. The average Bonchev–Trinajstić information content (AvgIpc) is 3.47. The first kappa shape index (κ1) is 29.8. The molecule has 0 saturated carbocycles. The molecule has 5 aromatic rings. The molecular formula is C32H28N6O5S. The minimum Gasteiger partial charge on any atom is -0.504 e. The topological polar surface area (TPSA) is 161 Å². The maximum atomic E-state index is 14.0. The van der Waals surface area contributed by atoms with E-state index in [1.165, 1.54) is 36.0 Å². The number of aromatic hydroxyl groups is 1. The minimum atomic E-state index is -4.56. The molecule has 222 valence electrons. The van der Waals surface area contributed by atoms with Gasteiger partial charge in [-0.25, -0.2) is 8.42 Å². The molecule has 2 heterocycles.